The summed E-state index contributed by atoms with van der Waals surface area (Å²) in [7, 11) is 0. The summed E-state index contributed by atoms with van der Waals surface area (Å²) in [6.45, 7) is 1.11. The summed E-state index contributed by atoms with van der Waals surface area (Å²) in [6.07, 6.45) is -3.64. The first-order chi connectivity index (χ1) is 9.95. The zero-order chi connectivity index (χ0) is 15.3. The minimum Gasteiger partial charge on any atom is -0.312 e. The second kappa shape index (κ2) is 6.72. The maximum absolute atomic E-state index is 13.0. The summed E-state index contributed by atoms with van der Waals surface area (Å²) in [5.74, 6) is -0.268. The highest BCUT2D eigenvalue weighted by molar-refractivity contribution is 5.24. The maximum Gasteiger partial charge on any atom is 0.416 e. The average molecular weight is 297 g/mol. The molecule has 0 amide bonds. The van der Waals surface area contributed by atoms with Crippen LogP contribution in [0.25, 0.3) is 0 Å². The van der Waals surface area contributed by atoms with Crippen LogP contribution in [0.1, 0.15) is 16.7 Å². The highest BCUT2D eigenvalue weighted by atomic mass is 19.4. The molecule has 112 valence electrons. The molecular formula is C16H15F4N. The third-order valence-electron chi connectivity index (χ3n) is 3.09. The first-order valence-corrected chi connectivity index (χ1v) is 6.56. The minimum atomic E-state index is -4.30. The second-order valence-corrected chi connectivity index (χ2v) is 4.75. The van der Waals surface area contributed by atoms with Gasteiger partial charge in [0.2, 0.25) is 0 Å². The van der Waals surface area contributed by atoms with E-state index in [2.05, 4.69) is 5.32 Å². The van der Waals surface area contributed by atoms with Gasteiger partial charge < -0.3 is 5.32 Å². The highest BCUT2D eigenvalue weighted by Gasteiger charge is 2.29. The summed E-state index contributed by atoms with van der Waals surface area (Å²) >= 11 is 0. The topological polar surface area (TPSA) is 12.0 Å². The van der Waals surface area contributed by atoms with Gasteiger partial charge in [-0.15, -0.1) is 0 Å². The van der Waals surface area contributed by atoms with E-state index in [1.165, 1.54) is 24.3 Å². The van der Waals surface area contributed by atoms with Crippen molar-refractivity contribution in [2.24, 2.45) is 0 Å². The number of hydrogen-bond acceptors (Lipinski definition) is 1. The molecule has 0 atom stereocenters. The summed E-state index contributed by atoms with van der Waals surface area (Å²) in [5, 5.41) is 3.12. The third kappa shape index (κ3) is 4.86. The normalized spacial score (nSPS) is 11.6. The van der Waals surface area contributed by atoms with Crippen LogP contribution in [0.15, 0.2) is 48.5 Å². The number of hydrogen-bond donors (Lipinski definition) is 1. The van der Waals surface area contributed by atoms with Crippen LogP contribution >= 0.6 is 0 Å². The summed E-state index contributed by atoms with van der Waals surface area (Å²) < 4.78 is 50.2. The zero-order valence-electron chi connectivity index (χ0n) is 11.3. The van der Waals surface area contributed by atoms with E-state index in [0.29, 0.717) is 19.5 Å². The number of rotatable bonds is 5. The predicted octanol–water partition coefficient (Wildman–Crippen LogP) is 4.18. The minimum absolute atomic E-state index is 0.268. The Bertz CT molecular complexity index is 576. The van der Waals surface area contributed by atoms with Gasteiger partial charge in [0.1, 0.15) is 5.82 Å². The van der Waals surface area contributed by atoms with E-state index in [9.17, 15) is 17.6 Å². The van der Waals surface area contributed by atoms with Crippen LogP contribution in [-0.4, -0.2) is 6.54 Å². The smallest absolute Gasteiger partial charge is 0.312 e. The van der Waals surface area contributed by atoms with E-state index < -0.39 is 11.7 Å². The summed E-state index contributed by atoms with van der Waals surface area (Å²) in [5.41, 5.74) is 1.02. The molecule has 0 heterocycles. The van der Waals surface area contributed by atoms with Crippen molar-refractivity contribution in [3.05, 3.63) is 71.0 Å². The van der Waals surface area contributed by atoms with Crippen LogP contribution in [0.4, 0.5) is 17.6 Å². The number of nitrogens with one attached hydrogen (secondary N) is 1. The lowest BCUT2D eigenvalue weighted by Crippen LogP contribution is -2.17. The highest BCUT2D eigenvalue weighted by Crippen LogP contribution is 2.28. The van der Waals surface area contributed by atoms with Gasteiger partial charge in [0.15, 0.2) is 0 Å². The van der Waals surface area contributed by atoms with Gasteiger partial charge >= 0.3 is 6.18 Å². The van der Waals surface area contributed by atoms with Gasteiger partial charge in [0.05, 0.1) is 5.56 Å². The average Bonchev–Trinajstić information content (AvgIpc) is 2.43. The number of alkyl halides is 3. The van der Waals surface area contributed by atoms with Crippen LogP contribution in [0.5, 0.6) is 0 Å². The Morgan fingerprint density at radius 1 is 0.905 bits per heavy atom. The van der Waals surface area contributed by atoms with Crippen LogP contribution in [0, 0.1) is 5.82 Å². The van der Waals surface area contributed by atoms with E-state index in [4.69, 9.17) is 0 Å². The quantitative estimate of drug-likeness (QED) is 0.645. The molecule has 0 unspecified atom stereocenters. The van der Waals surface area contributed by atoms with Crippen molar-refractivity contribution in [3.8, 4) is 0 Å². The summed E-state index contributed by atoms with van der Waals surface area (Å²) in [4.78, 5) is 0. The summed E-state index contributed by atoms with van der Waals surface area (Å²) in [6, 6.07) is 11.4. The lowest BCUT2D eigenvalue weighted by Gasteiger charge is -2.08. The Balaban J connectivity index is 1.79. The lowest BCUT2D eigenvalue weighted by atomic mass is 10.1. The van der Waals surface area contributed by atoms with E-state index in [-0.39, 0.29) is 5.82 Å². The van der Waals surface area contributed by atoms with Gasteiger partial charge in [-0.25, -0.2) is 4.39 Å². The Hall–Kier alpha value is -1.88. The molecule has 0 aliphatic carbocycles. The van der Waals surface area contributed by atoms with Crippen molar-refractivity contribution >= 4 is 0 Å². The van der Waals surface area contributed by atoms with E-state index in [1.54, 1.807) is 6.07 Å². The van der Waals surface area contributed by atoms with Crippen LogP contribution in [0.3, 0.4) is 0 Å². The molecular weight excluding hydrogens is 282 g/mol. The molecule has 0 radical (unpaired) electrons. The van der Waals surface area contributed by atoms with Gasteiger partial charge in [-0.2, -0.15) is 13.2 Å². The van der Waals surface area contributed by atoms with Crippen molar-refractivity contribution in [1.29, 1.82) is 0 Å². The van der Waals surface area contributed by atoms with Crippen molar-refractivity contribution in [2.75, 3.05) is 6.54 Å². The van der Waals surface area contributed by atoms with Gasteiger partial charge in [-0.1, -0.05) is 24.3 Å². The molecule has 0 aromatic heterocycles. The second-order valence-electron chi connectivity index (χ2n) is 4.75. The zero-order valence-corrected chi connectivity index (χ0v) is 11.3. The molecule has 0 aliphatic heterocycles. The fourth-order valence-electron chi connectivity index (χ4n) is 1.97. The fraction of sp³-hybridized carbons (Fsp3) is 0.250. The molecule has 0 aliphatic rings. The fourth-order valence-corrected chi connectivity index (χ4v) is 1.97. The molecule has 0 saturated heterocycles. The predicted molar refractivity (Wildman–Crippen MR) is 73.3 cm³/mol. The molecule has 2 aromatic rings. The van der Waals surface area contributed by atoms with Crippen molar-refractivity contribution in [2.45, 2.75) is 19.1 Å². The van der Waals surface area contributed by atoms with Crippen molar-refractivity contribution in [1.82, 2.24) is 5.32 Å². The Morgan fingerprint density at radius 2 is 1.62 bits per heavy atom. The molecule has 21 heavy (non-hydrogen) atoms. The van der Waals surface area contributed by atoms with Crippen molar-refractivity contribution in [3.63, 3.8) is 0 Å². The van der Waals surface area contributed by atoms with Gasteiger partial charge in [-0.3, -0.25) is 0 Å². The molecule has 0 bridgehead atoms. The standard InChI is InChI=1S/C16H15F4N/c17-15-3-1-2-12(10-15)8-9-21-11-13-4-6-14(7-5-13)16(18,19)20/h1-7,10,21H,8-9,11H2. The Labute approximate surface area is 120 Å². The molecule has 2 aromatic carbocycles. The molecule has 0 fully saturated rings. The number of halogens is 4. The van der Waals surface area contributed by atoms with Crippen LogP contribution in [0.2, 0.25) is 0 Å². The Kier molecular flexibility index (Phi) is 4.96. The van der Waals surface area contributed by atoms with Crippen LogP contribution in [-0.2, 0) is 19.1 Å². The number of benzene rings is 2. The van der Waals surface area contributed by atoms with Crippen LogP contribution < -0.4 is 5.32 Å². The molecule has 2 rings (SSSR count). The first-order valence-electron chi connectivity index (χ1n) is 6.56. The van der Waals surface area contributed by atoms with Crippen molar-refractivity contribution < 1.29 is 17.6 Å². The molecule has 0 spiro atoms. The molecule has 5 heteroatoms. The monoisotopic (exact) mass is 297 g/mol. The lowest BCUT2D eigenvalue weighted by molar-refractivity contribution is -0.137. The van der Waals surface area contributed by atoms with E-state index in [1.807, 2.05) is 6.07 Å². The maximum atomic E-state index is 13.0. The molecule has 1 N–H and O–H groups in total. The molecule has 0 saturated carbocycles. The third-order valence-corrected chi connectivity index (χ3v) is 3.09. The molecule has 1 nitrogen and oxygen atoms in total. The van der Waals surface area contributed by atoms with E-state index >= 15 is 0 Å². The SMILES string of the molecule is Fc1cccc(CCNCc2ccc(C(F)(F)F)cc2)c1. The van der Waals surface area contributed by atoms with E-state index in [0.717, 1.165) is 23.3 Å². The largest absolute Gasteiger partial charge is 0.416 e. The van der Waals surface area contributed by atoms with Gasteiger partial charge in [-0.05, 0) is 48.4 Å². The van der Waals surface area contributed by atoms with Gasteiger partial charge in [0.25, 0.3) is 0 Å². The first kappa shape index (κ1) is 15.5. The van der Waals surface area contributed by atoms with Gasteiger partial charge in [0, 0.05) is 6.54 Å². The Morgan fingerprint density at radius 3 is 2.24 bits per heavy atom.